The predicted octanol–water partition coefficient (Wildman–Crippen LogP) is 1.03. The van der Waals surface area contributed by atoms with Crippen molar-refractivity contribution in [3.05, 3.63) is 35.9 Å². The topological polar surface area (TPSA) is 46.6 Å². The SMILES string of the molecule is CC(=O)ON([C]=O)Cc1ccccc1. The van der Waals surface area contributed by atoms with Crippen LogP contribution in [0, 0.1) is 0 Å². The number of hydrogen-bond donors (Lipinski definition) is 0. The highest BCUT2D eigenvalue weighted by molar-refractivity contribution is 5.67. The zero-order valence-corrected chi connectivity index (χ0v) is 7.77. The van der Waals surface area contributed by atoms with Gasteiger partial charge in [-0.1, -0.05) is 30.3 Å². The first-order valence-electron chi connectivity index (χ1n) is 4.10. The maximum atomic E-state index is 10.6. The van der Waals surface area contributed by atoms with Gasteiger partial charge in [0.05, 0.1) is 6.54 Å². The van der Waals surface area contributed by atoms with E-state index in [1.54, 1.807) is 0 Å². The fraction of sp³-hybridized carbons (Fsp3) is 0.200. The van der Waals surface area contributed by atoms with Crippen LogP contribution in [0.3, 0.4) is 0 Å². The molecule has 73 valence electrons. The summed E-state index contributed by atoms with van der Waals surface area (Å²) in [4.78, 5) is 25.5. The van der Waals surface area contributed by atoms with Crippen molar-refractivity contribution < 1.29 is 14.4 Å². The molecule has 0 N–H and O–H groups in total. The molecule has 0 bridgehead atoms. The van der Waals surface area contributed by atoms with Crippen LogP contribution in [0.1, 0.15) is 12.5 Å². The fourth-order valence-corrected chi connectivity index (χ4v) is 0.988. The van der Waals surface area contributed by atoms with Gasteiger partial charge in [-0.2, -0.15) is 5.06 Å². The van der Waals surface area contributed by atoms with Crippen molar-refractivity contribution in [2.75, 3.05) is 0 Å². The van der Waals surface area contributed by atoms with Crippen molar-refractivity contribution in [3.8, 4) is 0 Å². The molecule has 4 nitrogen and oxygen atoms in total. The van der Waals surface area contributed by atoms with Crippen LogP contribution in [0.25, 0.3) is 0 Å². The number of benzene rings is 1. The molecule has 0 aliphatic carbocycles. The predicted molar refractivity (Wildman–Crippen MR) is 49.4 cm³/mol. The number of hydroxylamine groups is 2. The molecule has 4 heteroatoms. The summed E-state index contributed by atoms with van der Waals surface area (Å²) in [6.45, 7) is 1.44. The maximum Gasteiger partial charge on any atom is 0.348 e. The van der Waals surface area contributed by atoms with Gasteiger partial charge in [-0.05, 0) is 5.56 Å². The summed E-state index contributed by atoms with van der Waals surface area (Å²) < 4.78 is 0. The fourth-order valence-electron chi connectivity index (χ4n) is 0.988. The van der Waals surface area contributed by atoms with E-state index in [0.717, 1.165) is 10.6 Å². The van der Waals surface area contributed by atoms with Crippen LogP contribution >= 0.6 is 0 Å². The Morgan fingerprint density at radius 1 is 1.43 bits per heavy atom. The molecule has 1 aromatic carbocycles. The summed E-state index contributed by atoms with van der Waals surface area (Å²) >= 11 is 0. The van der Waals surface area contributed by atoms with E-state index in [-0.39, 0.29) is 6.54 Å². The second-order valence-electron chi connectivity index (χ2n) is 2.70. The Hall–Kier alpha value is -1.84. The van der Waals surface area contributed by atoms with E-state index in [1.807, 2.05) is 30.3 Å². The van der Waals surface area contributed by atoms with Gasteiger partial charge in [-0.25, -0.2) is 0 Å². The van der Waals surface area contributed by atoms with E-state index in [9.17, 15) is 9.59 Å². The summed E-state index contributed by atoms with van der Waals surface area (Å²) in [5.74, 6) is -0.538. The molecule has 0 heterocycles. The highest BCUT2D eigenvalue weighted by Crippen LogP contribution is 2.02. The second-order valence-corrected chi connectivity index (χ2v) is 2.70. The minimum atomic E-state index is -0.538. The van der Waals surface area contributed by atoms with Gasteiger partial charge in [0.2, 0.25) is 0 Å². The van der Waals surface area contributed by atoms with Crippen molar-refractivity contribution in [1.82, 2.24) is 5.06 Å². The number of carbonyl (C=O) groups excluding carboxylic acids is 2. The molecular weight excluding hydrogens is 182 g/mol. The molecule has 14 heavy (non-hydrogen) atoms. The lowest BCUT2D eigenvalue weighted by Gasteiger charge is -2.13. The highest BCUT2D eigenvalue weighted by Gasteiger charge is 2.06. The van der Waals surface area contributed by atoms with E-state index in [0.29, 0.717) is 0 Å². The molecule has 0 aromatic heterocycles. The average Bonchev–Trinajstić information content (AvgIpc) is 2.17. The van der Waals surface area contributed by atoms with E-state index in [4.69, 9.17) is 0 Å². The Morgan fingerprint density at radius 3 is 2.57 bits per heavy atom. The minimum Gasteiger partial charge on any atom is -0.338 e. The number of hydrogen-bond acceptors (Lipinski definition) is 3. The molecule has 0 atom stereocenters. The Kier molecular flexibility index (Phi) is 3.67. The number of rotatable bonds is 4. The normalized spacial score (nSPS) is 9.21. The van der Waals surface area contributed by atoms with Crippen molar-refractivity contribution in [3.63, 3.8) is 0 Å². The summed E-state index contributed by atoms with van der Waals surface area (Å²) in [6, 6.07) is 9.20. The van der Waals surface area contributed by atoms with Gasteiger partial charge in [-0.15, -0.1) is 0 Å². The second kappa shape index (κ2) is 5.01. The van der Waals surface area contributed by atoms with Gasteiger partial charge in [0.25, 0.3) is 0 Å². The molecule has 0 fully saturated rings. The van der Waals surface area contributed by atoms with Gasteiger partial charge in [0.1, 0.15) is 0 Å². The summed E-state index contributed by atoms with van der Waals surface area (Å²) in [7, 11) is 0. The molecule has 0 saturated heterocycles. The Balaban J connectivity index is 2.57. The monoisotopic (exact) mass is 192 g/mol. The molecule has 0 spiro atoms. The molecule has 0 aliphatic rings. The molecule has 0 aliphatic heterocycles. The summed E-state index contributed by atoms with van der Waals surface area (Å²) in [6.07, 6.45) is 1.52. The van der Waals surface area contributed by atoms with Crippen LogP contribution in [0.4, 0.5) is 0 Å². The maximum absolute atomic E-state index is 10.6. The minimum absolute atomic E-state index is 0.212. The number of amides is 1. The number of nitrogens with zero attached hydrogens (tertiary/aromatic N) is 1. The van der Waals surface area contributed by atoms with E-state index < -0.39 is 5.97 Å². The Labute approximate surface area is 82.0 Å². The Morgan fingerprint density at radius 2 is 2.07 bits per heavy atom. The number of carbonyl (C=O) groups is 1. The van der Waals surface area contributed by atoms with Gasteiger partial charge in [-0.3, -0.25) is 9.59 Å². The van der Waals surface area contributed by atoms with Crippen molar-refractivity contribution >= 4 is 12.4 Å². The summed E-state index contributed by atoms with van der Waals surface area (Å²) in [5.41, 5.74) is 0.872. The first-order valence-corrected chi connectivity index (χ1v) is 4.10. The average molecular weight is 192 g/mol. The van der Waals surface area contributed by atoms with E-state index in [2.05, 4.69) is 4.84 Å². The quantitative estimate of drug-likeness (QED) is 0.528. The van der Waals surface area contributed by atoms with Crippen LogP contribution in [-0.2, 0) is 21.0 Å². The van der Waals surface area contributed by atoms with Gasteiger partial charge in [0, 0.05) is 6.92 Å². The third-order valence-electron chi connectivity index (χ3n) is 1.51. The molecule has 1 radical (unpaired) electrons. The lowest BCUT2D eigenvalue weighted by Crippen LogP contribution is -2.24. The van der Waals surface area contributed by atoms with Crippen LogP contribution in [0.15, 0.2) is 30.3 Å². The van der Waals surface area contributed by atoms with E-state index >= 15 is 0 Å². The van der Waals surface area contributed by atoms with Gasteiger partial charge >= 0.3 is 12.4 Å². The molecule has 1 aromatic rings. The summed E-state index contributed by atoms with van der Waals surface area (Å²) in [5, 5.41) is 0.831. The third kappa shape index (κ3) is 3.26. The molecule has 0 saturated carbocycles. The van der Waals surface area contributed by atoms with Crippen LogP contribution < -0.4 is 0 Å². The van der Waals surface area contributed by atoms with Gasteiger partial charge < -0.3 is 4.84 Å². The van der Waals surface area contributed by atoms with Crippen molar-refractivity contribution in [2.24, 2.45) is 0 Å². The first-order chi connectivity index (χ1) is 6.72. The zero-order valence-electron chi connectivity index (χ0n) is 7.77. The molecule has 0 unspecified atom stereocenters. The molecule has 1 rings (SSSR count). The smallest absolute Gasteiger partial charge is 0.338 e. The van der Waals surface area contributed by atoms with Crippen LogP contribution in [0.2, 0.25) is 0 Å². The largest absolute Gasteiger partial charge is 0.348 e. The van der Waals surface area contributed by atoms with E-state index in [1.165, 1.54) is 13.3 Å². The van der Waals surface area contributed by atoms with Gasteiger partial charge in [0.15, 0.2) is 0 Å². The standard InChI is InChI=1S/C10H10NO3/c1-9(13)14-11(8-12)7-10-5-3-2-4-6-10/h2-6H,7H2,1H3. The molecule has 1 amide bonds. The lowest BCUT2D eigenvalue weighted by atomic mass is 10.2. The Bertz CT molecular complexity index is 310. The first kappa shape index (κ1) is 10.2. The molecular formula is C10H10NO3. The van der Waals surface area contributed by atoms with Crippen LogP contribution in [0.5, 0.6) is 0 Å². The highest BCUT2D eigenvalue weighted by atomic mass is 16.7. The third-order valence-corrected chi connectivity index (χ3v) is 1.51. The van der Waals surface area contributed by atoms with Crippen molar-refractivity contribution in [2.45, 2.75) is 13.5 Å². The lowest BCUT2D eigenvalue weighted by molar-refractivity contribution is -0.171. The van der Waals surface area contributed by atoms with Crippen molar-refractivity contribution in [1.29, 1.82) is 0 Å². The van der Waals surface area contributed by atoms with Crippen LogP contribution in [-0.4, -0.2) is 17.4 Å². The zero-order chi connectivity index (χ0) is 10.4.